The third kappa shape index (κ3) is 5.49. The van der Waals surface area contributed by atoms with E-state index in [0.29, 0.717) is 0 Å². The number of aliphatic hydroxyl groups excluding tert-OH is 1. The molecule has 0 heterocycles. The van der Waals surface area contributed by atoms with Crippen molar-refractivity contribution < 1.29 is 24.8 Å². The summed E-state index contributed by atoms with van der Waals surface area (Å²) in [5.74, 6) is -0.973. The Morgan fingerprint density at radius 3 is 2.70 bits per heavy atom. The monoisotopic (exact) mass is 150 g/mol. The van der Waals surface area contributed by atoms with Crippen LogP contribution in [0, 0.1) is 0 Å². The highest BCUT2D eigenvalue weighted by Crippen LogP contribution is 1.97. The fourth-order valence-corrected chi connectivity index (χ4v) is 0.406. The maximum absolute atomic E-state index is 9.90. The van der Waals surface area contributed by atoms with Crippen molar-refractivity contribution in [2.45, 2.75) is 19.1 Å². The fraction of sp³-hybridized carbons (Fsp3) is 0.800. The zero-order valence-electron chi connectivity index (χ0n) is 5.61. The number of hydrogen-bond acceptors (Lipinski definition) is 4. The number of aliphatic carboxylic acids is 1. The molecule has 0 fully saturated rings. The number of hydrogen-bond donors (Lipinski definition) is 2. The van der Waals surface area contributed by atoms with E-state index in [2.05, 4.69) is 9.78 Å². The summed E-state index contributed by atoms with van der Waals surface area (Å²) < 4.78 is 0. The number of carboxylic acids is 1. The van der Waals surface area contributed by atoms with Crippen LogP contribution in [0.1, 0.15) is 12.8 Å². The Morgan fingerprint density at radius 2 is 2.30 bits per heavy atom. The third-order valence-electron chi connectivity index (χ3n) is 0.812. The molecular formula is C5H10O5. The van der Waals surface area contributed by atoms with Gasteiger partial charge in [-0.15, -0.1) is 0 Å². The van der Waals surface area contributed by atoms with E-state index in [1.807, 2.05) is 0 Å². The number of carbonyl (C=O) groups is 1. The SMILES string of the molecule is COO[C@H](O)CCC(=O)O. The van der Waals surface area contributed by atoms with Gasteiger partial charge in [0, 0.05) is 6.42 Å². The average Bonchev–Trinajstić information content (AvgIpc) is 1.85. The summed E-state index contributed by atoms with van der Waals surface area (Å²) in [6, 6.07) is 0. The van der Waals surface area contributed by atoms with Gasteiger partial charge in [-0.3, -0.25) is 4.79 Å². The van der Waals surface area contributed by atoms with Gasteiger partial charge < -0.3 is 10.2 Å². The van der Waals surface area contributed by atoms with Gasteiger partial charge in [0.1, 0.15) is 0 Å². The summed E-state index contributed by atoms with van der Waals surface area (Å²) >= 11 is 0. The molecule has 0 unspecified atom stereocenters. The lowest BCUT2D eigenvalue weighted by molar-refractivity contribution is -0.354. The van der Waals surface area contributed by atoms with E-state index in [1.54, 1.807) is 0 Å². The van der Waals surface area contributed by atoms with Gasteiger partial charge in [0.15, 0.2) is 6.29 Å². The molecule has 0 spiro atoms. The first-order valence-electron chi connectivity index (χ1n) is 2.76. The quantitative estimate of drug-likeness (QED) is 0.321. The van der Waals surface area contributed by atoms with Crippen molar-refractivity contribution >= 4 is 5.97 Å². The van der Waals surface area contributed by atoms with E-state index < -0.39 is 12.3 Å². The smallest absolute Gasteiger partial charge is 0.303 e. The molecule has 5 nitrogen and oxygen atoms in total. The molecule has 0 rings (SSSR count). The van der Waals surface area contributed by atoms with E-state index in [0.717, 1.165) is 0 Å². The van der Waals surface area contributed by atoms with Crippen LogP contribution in [0.2, 0.25) is 0 Å². The predicted octanol–water partition coefficient (Wildman–Crippen LogP) is -0.252. The second kappa shape index (κ2) is 5.16. The molecule has 1 atom stereocenters. The van der Waals surface area contributed by atoms with Crippen molar-refractivity contribution in [2.75, 3.05) is 7.11 Å². The molecule has 0 aromatic carbocycles. The molecule has 0 radical (unpaired) electrons. The molecule has 0 aliphatic heterocycles. The van der Waals surface area contributed by atoms with Crippen molar-refractivity contribution in [3.63, 3.8) is 0 Å². The minimum Gasteiger partial charge on any atom is -0.481 e. The fourth-order valence-electron chi connectivity index (χ4n) is 0.406. The van der Waals surface area contributed by atoms with Crippen LogP contribution in [0.4, 0.5) is 0 Å². The molecular weight excluding hydrogens is 140 g/mol. The zero-order chi connectivity index (χ0) is 7.98. The lowest BCUT2D eigenvalue weighted by Crippen LogP contribution is -2.12. The first kappa shape index (κ1) is 9.35. The van der Waals surface area contributed by atoms with E-state index in [1.165, 1.54) is 7.11 Å². The lowest BCUT2D eigenvalue weighted by Gasteiger charge is -2.05. The van der Waals surface area contributed by atoms with Crippen molar-refractivity contribution in [3.05, 3.63) is 0 Å². The van der Waals surface area contributed by atoms with E-state index in [-0.39, 0.29) is 12.8 Å². The molecule has 60 valence electrons. The summed E-state index contributed by atoms with van der Waals surface area (Å²) in [6.07, 6.45) is -1.26. The number of aliphatic hydroxyl groups is 1. The number of rotatable bonds is 5. The predicted molar refractivity (Wildman–Crippen MR) is 31.0 cm³/mol. The third-order valence-corrected chi connectivity index (χ3v) is 0.812. The van der Waals surface area contributed by atoms with Crippen LogP contribution in [0.5, 0.6) is 0 Å². The van der Waals surface area contributed by atoms with Crippen LogP contribution in [-0.2, 0) is 14.6 Å². The Labute approximate surface area is 58.1 Å². The van der Waals surface area contributed by atoms with Gasteiger partial charge >= 0.3 is 5.97 Å². The summed E-state index contributed by atoms with van der Waals surface area (Å²) in [5.41, 5.74) is 0. The van der Waals surface area contributed by atoms with E-state index in [9.17, 15) is 4.79 Å². The molecule has 0 saturated carbocycles. The molecule has 0 saturated heterocycles. The van der Waals surface area contributed by atoms with Crippen LogP contribution in [0.15, 0.2) is 0 Å². The summed E-state index contributed by atoms with van der Waals surface area (Å²) in [6.45, 7) is 0. The first-order chi connectivity index (χ1) is 4.66. The molecule has 0 aromatic heterocycles. The highest BCUT2D eigenvalue weighted by Gasteiger charge is 2.06. The Morgan fingerprint density at radius 1 is 1.70 bits per heavy atom. The molecule has 0 bridgehead atoms. The zero-order valence-corrected chi connectivity index (χ0v) is 5.61. The van der Waals surface area contributed by atoms with Crippen molar-refractivity contribution in [1.29, 1.82) is 0 Å². The Kier molecular flexibility index (Phi) is 4.82. The van der Waals surface area contributed by atoms with Gasteiger partial charge in [-0.1, -0.05) is 0 Å². The van der Waals surface area contributed by atoms with Gasteiger partial charge in [-0.2, -0.15) is 0 Å². The van der Waals surface area contributed by atoms with Gasteiger partial charge in [-0.05, 0) is 0 Å². The normalized spacial score (nSPS) is 13.0. The van der Waals surface area contributed by atoms with Gasteiger partial charge in [-0.25, -0.2) is 9.78 Å². The Balaban J connectivity index is 3.21. The standard InChI is InChI=1S/C5H10O5/c1-9-10-5(8)3-2-4(6)7/h5,8H,2-3H2,1H3,(H,6,7)/t5-/m0/s1. The maximum Gasteiger partial charge on any atom is 0.303 e. The van der Waals surface area contributed by atoms with Crippen molar-refractivity contribution in [1.82, 2.24) is 0 Å². The van der Waals surface area contributed by atoms with Crippen molar-refractivity contribution in [3.8, 4) is 0 Å². The van der Waals surface area contributed by atoms with E-state index in [4.69, 9.17) is 10.2 Å². The largest absolute Gasteiger partial charge is 0.481 e. The van der Waals surface area contributed by atoms with Crippen LogP contribution in [-0.4, -0.2) is 29.6 Å². The second-order valence-electron chi connectivity index (χ2n) is 1.65. The lowest BCUT2D eigenvalue weighted by atomic mass is 10.3. The van der Waals surface area contributed by atoms with Crippen molar-refractivity contribution in [2.24, 2.45) is 0 Å². The van der Waals surface area contributed by atoms with Gasteiger partial charge in [0.05, 0.1) is 13.5 Å². The topological polar surface area (TPSA) is 76.0 Å². The van der Waals surface area contributed by atoms with Crippen LogP contribution < -0.4 is 0 Å². The highest BCUT2D eigenvalue weighted by molar-refractivity contribution is 5.66. The highest BCUT2D eigenvalue weighted by atomic mass is 17.2. The molecule has 0 aliphatic carbocycles. The molecule has 0 aromatic rings. The van der Waals surface area contributed by atoms with Crippen LogP contribution in [0.25, 0.3) is 0 Å². The average molecular weight is 150 g/mol. The van der Waals surface area contributed by atoms with Crippen LogP contribution >= 0.6 is 0 Å². The minimum absolute atomic E-state index is 0.0309. The summed E-state index contributed by atoms with van der Waals surface area (Å²) in [7, 11) is 1.24. The summed E-state index contributed by atoms with van der Waals surface area (Å²) in [4.78, 5) is 18.2. The second-order valence-corrected chi connectivity index (χ2v) is 1.65. The Hall–Kier alpha value is -0.650. The first-order valence-corrected chi connectivity index (χ1v) is 2.76. The summed E-state index contributed by atoms with van der Waals surface area (Å²) in [5, 5.41) is 16.8. The molecule has 10 heavy (non-hydrogen) atoms. The molecule has 5 heteroatoms. The van der Waals surface area contributed by atoms with E-state index >= 15 is 0 Å². The molecule has 2 N–H and O–H groups in total. The van der Waals surface area contributed by atoms with Crippen LogP contribution in [0.3, 0.4) is 0 Å². The molecule has 0 aliphatic rings. The maximum atomic E-state index is 9.90. The van der Waals surface area contributed by atoms with Gasteiger partial charge in [0.2, 0.25) is 0 Å². The van der Waals surface area contributed by atoms with Gasteiger partial charge in [0.25, 0.3) is 0 Å². The Bertz CT molecular complexity index is 102. The molecule has 0 amide bonds. The number of carboxylic acid groups (broad SMARTS) is 1. The minimum atomic E-state index is -1.15.